The SMILES string of the molecule is C=C(C)C(=O)OCCNC(=O)OC(CCC)CNC. The first-order chi connectivity index (χ1) is 9.01. The van der Waals surface area contributed by atoms with Crippen molar-refractivity contribution in [3.63, 3.8) is 0 Å². The van der Waals surface area contributed by atoms with Crippen molar-refractivity contribution in [1.29, 1.82) is 0 Å². The zero-order valence-corrected chi connectivity index (χ0v) is 12.0. The van der Waals surface area contributed by atoms with Gasteiger partial charge >= 0.3 is 12.1 Å². The van der Waals surface area contributed by atoms with Gasteiger partial charge in [-0.15, -0.1) is 0 Å². The molecule has 0 saturated heterocycles. The van der Waals surface area contributed by atoms with Crippen molar-refractivity contribution in [3.8, 4) is 0 Å². The van der Waals surface area contributed by atoms with E-state index in [-0.39, 0.29) is 19.3 Å². The van der Waals surface area contributed by atoms with Gasteiger partial charge in [-0.2, -0.15) is 0 Å². The lowest BCUT2D eigenvalue weighted by atomic mass is 10.2. The molecule has 0 saturated carbocycles. The first-order valence-corrected chi connectivity index (χ1v) is 6.43. The number of esters is 1. The standard InChI is InChI=1S/C13H24N2O4/c1-5-6-11(9-14-4)19-13(17)15-7-8-18-12(16)10(2)3/h11,14H,2,5-9H2,1,3-4H3,(H,15,17). The molecule has 0 aromatic rings. The Hall–Kier alpha value is -1.56. The third-order valence-electron chi connectivity index (χ3n) is 2.27. The van der Waals surface area contributed by atoms with Gasteiger partial charge in [0.15, 0.2) is 0 Å². The average molecular weight is 272 g/mol. The molecule has 0 aromatic carbocycles. The summed E-state index contributed by atoms with van der Waals surface area (Å²) in [5.41, 5.74) is 0.333. The molecular weight excluding hydrogens is 248 g/mol. The molecule has 0 spiro atoms. The maximum Gasteiger partial charge on any atom is 0.407 e. The molecule has 0 aliphatic rings. The molecule has 19 heavy (non-hydrogen) atoms. The zero-order valence-electron chi connectivity index (χ0n) is 12.0. The lowest BCUT2D eigenvalue weighted by Gasteiger charge is -2.17. The predicted octanol–water partition coefficient (Wildman–Crippen LogP) is 1.22. The number of rotatable bonds is 9. The van der Waals surface area contributed by atoms with Gasteiger partial charge in [0, 0.05) is 12.1 Å². The van der Waals surface area contributed by atoms with Gasteiger partial charge in [-0.1, -0.05) is 19.9 Å². The highest BCUT2D eigenvalue weighted by Gasteiger charge is 2.12. The van der Waals surface area contributed by atoms with Gasteiger partial charge in [0.05, 0.1) is 6.54 Å². The summed E-state index contributed by atoms with van der Waals surface area (Å²) in [5, 5.41) is 5.50. The Labute approximate surface area is 114 Å². The topological polar surface area (TPSA) is 76.7 Å². The number of amides is 1. The van der Waals surface area contributed by atoms with Gasteiger partial charge in [-0.25, -0.2) is 9.59 Å². The van der Waals surface area contributed by atoms with Gasteiger partial charge in [-0.05, 0) is 20.4 Å². The largest absolute Gasteiger partial charge is 0.460 e. The molecule has 2 N–H and O–H groups in total. The summed E-state index contributed by atoms with van der Waals surface area (Å²) in [6.45, 7) is 7.99. The number of alkyl carbamates (subject to hydrolysis) is 1. The zero-order chi connectivity index (χ0) is 14.7. The highest BCUT2D eigenvalue weighted by atomic mass is 16.6. The van der Waals surface area contributed by atoms with Crippen LogP contribution < -0.4 is 10.6 Å². The number of ether oxygens (including phenoxy) is 2. The Morgan fingerprint density at radius 2 is 2.05 bits per heavy atom. The van der Waals surface area contributed by atoms with Gasteiger partial charge in [0.2, 0.25) is 0 Å². The molecule has 0 bridgehead atoms. The molecule has 0 heterocycles. The molecule has 6 nitrogen and oxygen atoms in total. The number of carbonyl (C=O) groups excluding carboxylic acids is 2. The van der Waals surface area contributed by atoms with E-state index in [0.29, 0.717) is 12.1 Å². The summed E-state index contributed by atoms with van der Waals surface area (Å²) in [7, 11) is 1.81. The van der Waals surface area contributed by atoms with Gasteiger partial charge in [0.25, 0.3) is 0 Å². The smallest absolute Gasteiger partial charge is 0.407 e. The molecule has 1 unspecified atom stereocenters. The van der Waals surface area contributed by atoms with Gasteiger partial charge in [0.1, 0.15) is 12.7 Å². The molecule has 1 amide bonds. The van der Waals surface area contributed by atoms with Crippen LogP contribution in [0.2, 0.25) is 0 Å². The van der Waals surface area contributed by atoms with Crippen LogP contribution in [0.25, 0.3) is 0 Å². The van der Waals surface area contributed by atoms with Crippen molar-refractivity contribution in [2.45, 2.75) is 32.8 Å². The minimum Gasteiger partial charge on any atom is -0.460 e. The highest BCUT2D eigenvalue weighted by Crippen LogP contribution is 2.01. The van der Waals surface area contributed by atoms with Crippen molar-refractivity contribution in [1.82, 2.24) is 10.6 Å². The molecule has 0 aromatic heterocycles. The molecule has 6 heteroatoms. The van der Waals surface area contributed by atoms with Crippen molar-refractivity contribution in [2.24, 2.45) is 0 Å². The number of hydrogen-bond donors (Lipinski definition) is 2. The number of nitrogens with one attached hydrogen (secondary N) is 2. The summed E-state index contributed by atoms with van der Waals surface area (Å²) in [6.07, 6.45) is 1.10. The van der Waals surface area contributed by atoms with E-state index in [9.17, 15) is 9.59 Å². The molecule has 110 valence electrons. The second-order valence-corrected chi connectivity index (χ2v) is 4.22. The summed E-state index contributed by atoms with van der Waals surface area (Å²) in [4.78, 5) is 22.5. The normalized spacial score (nSPS) is 11.5. The van der Waals surface area contributed by atoms with Crippen LogP contribution in [0.5, 0.6) is 0 Å². The second kappa shape index (κ2) is 10.4. The van der Waals surface area contributed by atoms with E-state index in [4.69, 9.17) is 9.47 Å². The summed E-state index contributed by atoms with van der Waals surface area (Å²) in [6, 6.07) is 0. The monoisotopic (exact) mass is 272 g/mol. The molecule has 0 fully saturated rings. The van der Waals surface area contributed by atoms with Crippen LogP contribution in [0.1, 0.15) is 26.7 Å². The van der Waals surface area contributed by atoms with Crippen LogP contribution in [-0.2, 0) is 14.3 Å². The van der Waals surface area contributed by atoms with E-state index in [1.807, 2.05) is 6.92 Å². The van der Waals surface area contributed by atoms with E-state index < -0.39 is 12.1 Å². The van der Waals surface area contributed by atoms with E-state index in [1.54, 1.807) is 14.0 Å². The minimum absolute atomic E-state index is 0.102. The Morgan fingerprint density at radius 3 is 2.58 bits per heavy atom. The third-order valence-corrected chi connectivity index (χ3v) is 2.27. The van der Waals surface area contributed by atoms with E-state index in [2.05, 4.69) is 17.2 Å². The van der Waals surface area contributed by atoms with Crippen LogP contribution in [0.4, 0.5) is 4.79 Å². The van der Waals surface area contributed by atoms with E-state index in [1.165, 1.54) is 0 Å². The van der Waals surface area contributed by atoms with Crippen LogP contribution in [0, 0.1) is 0 Å². The molecule has 0 rings (SSSR count). The van der Waals surface area contributed by atoms with E-state index >= 15 is 0 Å². The minimum atomic E-state index is -0.500. The fourth-order valence-corrected chi connectivity index (χ4v) is 1.37. The first kappa shape index (κ1) is 17.4. The number of likely N-dealkylation sites (N-methyl/N-ethyl adjacent to an activating group) is 1. The van der Waals surface area contributed by atoms with Gasteiger partial charge in [-0.3, -0.25) is 0 Å². The Balaban J connectivity index is 3.78. The van der Waals surface area contributed by atoms with Crippen LogP contribution in [0.3, 0.4) is 0 Å². The average Bonchev–Trinajstić information content (AvgIpc) is 2.34. The number of carbonyl (C=O) groups is 2. The van der Waals surface area contributed by atoms with Crippen molar-refractivity contribution < 1.29 is 19.1 Å². The van der Waals surface area contributed by atoms with E-state index in [0.717, 1.165) is 12.8 Å². The Morgan fingerprint density at radius 1 is 1.37 bits per heavy atom. The quantitative estimate of drug-likeness (QED) is 0.375. The lowest BCUT2D eigenvalue weighted by molar-refractivity contribution is -0.138. The van der Waals surface area contributed by atoms with Gasteiger partial charge < -0.3 is 20.1 Å². The molecular formula is C13H24N2O4. The third kappa shape index (κ3) is 9.07. The fraction of sp³-hybridized carbons (Fsp3) is 0.692. The summed E-state index contributed by atoms with van der Waals surface area (Å²) in [5.74, 6) is -0.464. The molecule has 0 aliphatic heterocycles. The van der Waals surface area contributed by atoms with Crippen molar-refractivity contribution in [3.05, 3.63) is 12.2 Å². The first-order valence-electron chi connectivity index (χ1n) is 6.43. The summed E-state index contributed by atoms with van der Waals surface area (Å²) >= 11 is 0. The van der Waals surface area contributed by atoms with Crippen molar-refractivity contribution in [2.75, 3.05) is 26.7 Å². The van der Waals surface area contributed by atoms with Crippen LogP contribution in [-0.4, -0.2) is 44.9 Å². The Kier molecular flexibility index (Phi) is 9.52. The predicted molar refractivity (Wildman–Crippen MR) is 72.9 cm³/mol. The second-order valence-electron chi connectivity index (χ2n) is 4.22. The fourth-order valence-electron chi connectivity index (χ4n) is 1.37. The maximum atomic E-state index is 11.5. The molecule has 0 aliphatic carbocycles. The lowest BCUT2D eigenvalue weighted by Crippen LogP contribution is -2.35. The molecule has 0 radical (unpaired) electrons. The summed E-state index contributed by atoms with van der Waals surface area (Å²) < 4.78 is 10.0. The molecule has 1 atom stereocenters. The van der Waals surface area contributed by atoms with Crippen LogP contribution in [0.15, 0.2) is 12.2 Å². The van der Waals surface area contributed by atoms with Crippen molar-refractivity contribution >= 4 is 12.1 Å². The highest BCUT2D eigenvalue weighted by molar-refractivity contribution is 5.86. The Bertz CT molecular complexity index is 299. The maximum absolute atomic E-state index is 11.5. The van der Waals surface area contributed by atoms with Crippen LogP contribution >= 0.6 is 0 Å². The number of hydrogen-bond acceptors (Lipinski definition) is 5.